The first-order valence-corrected chi connectivity index (χ1v) is 9.95. The summed E-state index contributed by atoms with van der Waals surface area (Å²) in [4.78, 5) is 50.0. The molecule has 10 nitrogen and oxygen atoms in total. The number of ketones is 1. The van der Waals surface area contributed by atoms with Crippen LogP contribution in [0.5, 0.6) is 0 Å². The van der Waals surface area contributed by atoms with Gasteiger partial charge in [-0.2, -0.15) is 4.98 Å². The Balaban J connectivity index is 1.54. The van der Waals surface area contributed by atoms with E-state index in [0.29, 0.717) is 30.8 Å². The SMILES string of the molecule is CC(=O)CCC(C)CNC(=O)c1ccc(NCc2cnc3nc(N)[nH]c(=O)c3n2)cc1. The highest BCUT2D eigenvalue weighted by Crippen LogP contribution is 2.12. The van der Waals surface area contributed by atoms with Gasteiger partial charge in [-0.05, 0) is 43.5 Å². The number of aromatic nitrogens is 4. The number of nitrogen functional groups attached to an aromatic ring is 1. The van der Waals surface area contributed by atoms with Crippen molar-refractivity contribution in [2.24, 2.45) is 5.92 Å². The lowest BCUT2D eigenvalue weighted by Crippen LogP contribution is -2.28. The zero-order valence-electron chi connectivity index (χ0n) is 17.4. The summed E-state index contributed by atoms with van der Waals surface area (Å²) in [7, 11) is 0. The minimum atomic E-state index is -0.442. The molecule has 0 aliphatic carbocycles. The average Bonchev–Trinajstić information content (AvgIpc) is 2.75. The van der Waals surface area contributed by atoms with Crippen LogP contribution in [0, 0.1) is 5.92 Å². The minimum Gasteiger partial charge on any atom is -0.379 e. The van der Waals surface area contributed by atoms with Crippen molar-refractivity contribution in [1.29, 1.82) is 0 Å². The molecule has 0 bridgehead atoms. The summed E-state index contributed by atoms with van der Waals surface area (Å²) >= 11 is 0. The number of nitrogens with one attached hydrogen (secondary N) is 3. The predicted molar refractivity (Wildman–Crippen MR) is 118 cm³/mol. The zero-order chi connectivity index (χ0) is 22.4. The van der Waals surface area contributed by atoms with Crippen molar-refractivity contribution < 1.29 is 9.59 Å². The first-order chi connectivity index (χ1) is 14.8. The second-order valence-electron chi connectivity index (χ2n) is 7.47. The summed E-state index contributed by atoms with van der Waals surface area (Å²) in [5, 5.41) is 6.07. The first-order valence-electron chi connectivity index (χ1n) is 9.95. The van der Waals surface area contributed by atoms with E-state index in [1.54, 1.807) is 31.2 Å². The first kappa shape index (κ1) is 21.9. The number of benzene rings is 1. The number of nitrogens with zero attached hydrogens (tertiary/aromatic N) is 3. The van der Waals surface area contributed by atoms with Gasteiger partial charge in [0.1, 0.15) is 5.78 Å². The zero-order valence-corrected chi connectivity index (χ0v) is 17.4. The molecule has 5 N–H and O–H groups in total. The molecule has 0 aliphatic rings. The molecule has 0 saturated carbocycles. The van der Waals surface area contributed by atoms with Gasteiger partial charge in [-0.1, -0.05) is 6.92 Å². The Morgan fingerprint density at radius 1 is 1.19 bits per heavy atom. The lowest BCUT2D eigenvalue weighted by Gasteiger charge is -2.12. The maximum absolute atomic E-state index is 12.3. The molecular weight excluding hydrogens is 398 g/mol. The molecule has 1 atom stereocenters. The number of aromatic amines is 1. The molecule has 0 spiro atoms. The third kappa shape index (κ3) is 6.08. The molecule has 2 heterocycles. The van der Waals surface area contributed by atoms with Gasteiger partial charge >= 0.3 is 0 Å². The third-order valence-corrected chi connectivity index (χ3v) is 4.71. The monoisotopic (exact) mass is 423 g/mol. The number of anilines is 2. The van der Waals surface area contributed by atoms with Gasteiger partial charge in [0.05, 0.1) is 18.4 Å². The van der Waals surface area contributed by atoms with Crippen molar-refractivity contribution in [2.75, 3.05) is 17.6 Å². The maximum Gasteiger partial charge on any atom is 0.280 e. The Kier molecular flexibility index (Phi) is 6.91. The highest BCUT2D eigenvalue weighted by atomic mass is 16.1. The van der Waals surface area contributed by atoms with Gasteiger partial charge in [0.2, 0.25) is 5.95 Å². The number of amides is 1. The number of Topliss-reactive ketones (excluding diaryl/α,β-unsaturated/α-hetero) is 1. The number of H-pyrrole nitrogens is 1. The summed E-state index contributed by atoms with van der Waals surface area (Å²) in [5.74, 6) is 0.222. The van der Waals surface area contributed by atoms with Gasteiger partial charge in [0.25, 0.3) is 11.5 Å². The molecule has 1 unspecified atom stereocenters. The second-order valence-corrected chi connectivity index (χ2v) is 7.47. The summed E-state index contributed by atoms with van der Waals surface area (Å²) in [6, 6.07) is 7.03. The van der Waals surface area contributed by atoms with Gasteiger partial charge in [0.15, 0.2) is 11.2 Å². The van der Waals surface area contributed by atoms with Crippen LogP contribution in [0.1, 0.15) is 42.7 Å². The van der Waals surface area contributed by atoms with Gasteiger partial charge in [-0.15, -0.1) is 0 Å². The predicted octanol–water partition coefficient (Wildman–Crippen LogP) is 1.64. The van der Waals surface area contributed by atoms with Crippen molar-refractivity contribution >= 4 is 34.5 Å². The minimum absolute atomic E-state index is 0.00711. The summed E-state index contributed by atoms with van der Waals surface area (Å²) < 4.78 is 0. The van der Waals surface area contributed by atoms with Crippen LogP contribution >= 0.6 is 0 Å². The van der Waals surface area contributed by atoms with Crippen molar-refractivity contribution in [3.63, 3.8) is 0 Å². The molecule has 0 fully saturated rings. The Morgan fingerprint density at radius 3 is 2.65 bits per heavy atom. The normalized spacial score (nSPS) is 11.8. The molecule has 10 heteroatoms. The van der Waals surface area contributed by atoms with Crippen molar-refractivity contribution in [3.05, 3.63) is 52.1 Å². The molecule has 0 radical (unpaired) electrons. The van der Waals surface area contributed by atoms with Crippen LogP contribution in [0.25, 0.3) is 11.2 Å². The number of hydrogen-bond acceptors (Lipinski definition) is 8. The lowest BCUT2D eigenvalue weighted by molar-refractivity contribution is -0.117. The van der Waals surface area contributed by atoms with E-state index in [4.69, 9.17) is 5.73 Å². The largest absolute Gasteiger partial charge is 0.379 e. The molecule has 3 aromatic rings. The van der Waals surface area contributed by atoms with Gasteiger partial charge < -0.3 is 21.2 Å². The van der Waals surface area contributed by atoms with Crippen LogP contribution in [0.4, 0.5) is 11.6 Å². The average molecular weight is 423 g/mol. The molecule has 3 rings (SSSR count). The van der Waals surface area contributed by atoms with Crippen LogP contribution in [0.3, 0.4) is 0 Å². The van der Waals surface area contributed by atoms with Gasteiger partial charge in [0, 0.05) is 24.2 Å². The van der Waals surface area contributed by atoms with E-state index in [1.807, 2.05) is 6.92 Å². The fourth-order valence-electron chi connectivity index (χ4n) is 2.91. The lowest BCUT2D eigenvalue weighted by atomic mass is 10.0. The second kappa shape index (κ2) is 9.79. The van der Waals surface area contributed by atoms with Gasteiger partial charge in [-0.25, -0.2) is 9.97 Å². The summed E-state index contributed by atoms with van der Waals surface area (Å²) in [6.07, 6.45) is 2.81. The fourth-order valence-corrected chi connectivity index (χ4v) is 2.91. The Hall–Kier alpha value is -3.82. The van der Waals surface area contributed by atoms with E-state index in [9.17, 15) is 14.4 Å². The van der Waals surface area contributed by atoms with Crippen LogP contribution in [0.15, 0.2) is 35.3 Å². The molecule has 1 amide bonds. The summed E-state index contributed by atoms with van der Waals surface area (Å²) in [5.41, 5.74) is 7.27. The topological polar surface area (TPSA) is 156 Å². The summed E-state index contributed by atoms with van der Waals surface area (Å²) in [6.45, 7) is 4.43. The van der Waals surface area contributed by atoms with Gasteiger partial charge in [-0.3, -0.25) is 14.6 Å². The quantitative estimate of drug-likeness (QED) is 0.405. The molecule has 162 valence electrons. The van der Waals surface area contributed by atoms with Crippen molar-refractivity contribution in [3.8, 4) is 0 Å². The highest BCUT2D eigenvalue weighted by Gasteiger charge is 2.10. The van der Waals surface area contributed by atoms with E-state index in [0.717, 1.165) is 12.1 Å². The smallest absolute Gasteiger partial charge is 0.280 e. The Labute approximate surface area is 178 Å². The van der Waals surface area contributed by atoms with E-state index < -0.39 is 5.56 Å². The molecule has 1 aromatic carbocycles. The molecule has 0 saturated heterocycles. The van der Waals surface area contributed by atoms with E-state index in [1.165, 1.54) is 6.20 Å². The van der Waals surface area contributed by atoms with E-state index >= 15 is 0 Å². The standard InChI is InChI=1S/C21H25N7O3/c1-12(3-4-13(2)29)9-25-19(30)14-5-7-15(8-6-14)23-10-16-11-24-18-17(26-16)20(31)28-21(22)27-18/h5-8,11-12,23H,3-4,9-10H2,1-2H3,(H,25,30)(H3,22,24,27,28,31). The number of nitrogens with two attached hydrogens (primary N) is 1. The number of fused-ring (bicyclic) bond motifs is 1. The number of rotatable bonds is 9. The number of hydrogen-bond donors (Lipinski definition) is 4. The maximum atomic E-state index is 12.3. The third-order valence-electron chi connectivity index (χ3n) is 4.71. The van der Waals surface area contributed by atoms with Crippen LogP contribution in [-0.2, 0) is 11.3 Å². The fraction of sp³-hybridized carbons (Fsp3) is 0.333. The van der Waals surface area contributed by atoms with E-state index in [2.05, 4.69) is 30.6 Å². The van der Waals surface area contributed by atoms with E-state index in [-0.39, 0.29) is 34.7 Å². The number of carbonyl (C=O) groups excluding carboxylic acids is 2. The Bertz CT molecular complexity index is 1140. The van der Waals surface area contributed by atoms with Crippen LogP contribution < -0.4 is 21.9 Å². The van der Waals surface area contributed by atoms with Crippen molar-refractivity contribution in [2.45, 2.75) is 33.2 Å². The molecule has 31 heavy (non-hydrogen) atoms. The highest BCUT2D eigenvalue weighted by molar-refractivity contribution is 5.94. The number of carbonyl (C=O) groups is 2. The van der Waals surface area contributed by atoms with Crippen LogP contribution in [0.2, 0.25) is 0 Å². The molecule has 2 aromatic heterocycles. The van der Waals surface area contributed by atoms with Crippen molar-refractivity contribution in [1.82, 2.24) is 25.3 Å². The molecule has 0 aliphatic heterocycles. The van der Waals surface area contributed by atoms with Crippen LogP contribution in [-0.4, -0.2) is 38.2 Å². The molecular formula is C21H25N7O3. The Morgan fingerprint density at radius 2 is 1.94 bits per heavy atom.